The lowest BCUT2D eigenvalue weighted by molar-refractivity contribution is -0.123. The Hall–Kier alpha value is -2.50. The molecule has 186 valence electrons. The molecule has 1 aliphatic rings. The third kappa shape index (κ3) is 6.43. The van der Waals surface area contributed by atoms with E-state index in [0.717, 1.165) is 16.7 Å². The summed E-state index contributed by atoms with van der Waals surface area (Å²) >= 11 is 15.8. The number of hydrogen-bond acceptors (Lipinski definition) is 7. The van der Waals surface area contributed by atoms with E-state index in [1.54, 1.807) is 42.5 Å². The molecule has 3 aromatic rings. The van der Waals surface area contributed by atoms with Crippen LogP contribution in [0.1, 0.15) is 5.56 Å². The number of nitrogens with zero attached hydrogens (tertiary/aromatic N) is 1. The van der Waals surface area contributed by atoms with Crippen LogP contribution in [0.25, 0.3) is 6.08 Å². The third-order valence-corrected chi connectivity index (χ3v) is 8.11. The molecule has 0 radical (unpaired) electrons. The molecule has 12 heteroatoms. The fourth-order valence-corrected chi connectivity index (χ4v) is 5.72. The zero-order chi connectivity index (χ0) is 25.9. The van der Waals surface area contributed by atoms with Gasteiger partial charge in [0, 0.05) is 10.0 Å². The van der Waals surface area contributed by atoms with Gasteiger partial charge < -0.3 is 8.92 Å². The van der Waals surface area contributed by atoms with E-state index in [9.17, 15) is 18.0 Å². The number of amides is 2. The lowest BCUT2D eigenvalue weighted by atomic mass is 10.2. The highest BCUT2D eigenvalue weighted by Gasteiger charge is 2.34. The number of carbonyl (C=O) groups excluding carboxylic acids is 2. The second-order valence-electron chi connectivity index (χ2n) is 7.32. The van der Waals surface area contributed by atoms with Gasteiger partial charge in [-0.05, 0) is 100.0 Å². The molecule has 0 bridgehead atoms. The summed E-state index contributed by atoms with van der Waals surface area (Å²) in [5, 5.41) is 0.574. The van der Waals surface area contributed by atoms with Gasteiger partial charge in [-0.3, -0.25) is 14.5 Å². The molecule has 0 saturated carbocycles. The highest BCUT2D eigenvalue weighted by atomic mass is 79.9. The zero-order valence-corrected chi connectivity index (χ0v) is 22.9. The van der Waals surface area contributed by atoms with Crippen LogP contribution >= 0.6 is 50.9 Å². The molecule has 3 aromatic carbocycles. The number of hydrogen-bond donors (Lipinski definition) is 0. The number of thioether (sulfide) groups is 1. The van der Waals surface area contributed by atoms with Crippen LogP contribution in [0.5, 0.6) is 11.5 Å². The molecule has 1 heterocycles. The van der Waals surface area contributed by atoms with Crippen LogP contribution in [0.4, 0.5) is 4.79 Å². The van der Waals surface area contributed by atoms with Crippen LogP contribution in [0.15, 0.2) is 81.0 Å². The molecule has 4 rings (SSSR count). The highest BCUT2D eigenvalue weighted by molar-refractivity contribution is 9.10. The van der Waals surface area contributed by atoms with Crippen molar-refractivity contribution in [3.63, 3.8) is 0 Å². The molecule has 1 fully saturated rings. The Labute approximate surface area is 230 Å². The predicted octanol–water partition coefficient (Wildman–Crippen LogP) is 6.64. The van der Waals surface area contributed by atoms with Crippen LogP contribution in [0, 0.1) is 0 Å². The zero-order valence-electron chi connectivity index (χ0n) is 18.2. The Morgan fingerprint density at radius 2 is 1.58 bits per heavy atom. The van der Waals surface area contributed by atoms with Gasteiger partial charge in [-0.1, -0.05) is 29.3 Å². The maximum absolute atomic E-state index is 12.7. The van der Waals surface area contributed by atoms with E-state index < -0.39 is 21.3 Å². The third-order valence-electron chi connectivity index (χ3n) is 4.83. The minimum atomic E-state index is -4.07. The highest BCUT2D eigenvalue weighted by Crippen LogP contribution is 2.34. The second kappa shape index (κ2) is 11.3. The summed E-state index contributed by atoms with van der Waals surface area (Å²) in [5.74, 6) is 0.202. The first-order chi connectivity index (χ1) is 17.1. The Morgan fingerprint density at radius 3 is 2.22 bits per heavy atom. The van der Waals surface area contributed by atoms with Crippen LogP contribution < -0.4 is 8.92 Å². The van der Waals surface area contributed by atoms with E-state index in [4.69, 9.17) is 32.1 Å². The van der Waals surface area contributed by atoms with Crippen molar-refractivity contribution in [3.05, 3.63) is 91.7 Å². The van der Waals surface area contributed by atoms with Crippen LogP contribution in [-0.4, -0.2) is 37.6 Å². The molecular weight excluding hydrogens is 613 g/mol. The quantitative estimate of drug-likeness (QED) is 0.204. The van der Waals surface area contributed by atoms with Crippen molar-refractivity contribution in [1.29, 1.82) is 0 Å². The van der Waals surface area contributed by atoms with Gasteiger partial charge >= 0.3 is 10.1 Å². The van der Waals surface area contributed by atoms with Crippen molar-refractivity contribution in [2.24, 2.45) is 0 Å². The van der Waals surface area contributed by atoms with Gasteiger partial charge in [-0.15, -0.1) is 0 Å². The minimum absolute atomic E-state index is 0.0448. The summed E-state index contributed by atoms with van der Waals surface area (Å²) < 4.78 is 36.2. The van der Waals surface area contributed by atoms with Gasteiger partial charge in [-0.25, -0.2) is 0 Å². The summed E-state index contributed by atoms with van der Waals surface area (Å²) in [5.41, 5.74) is 0.570. The number of rotatable bonds is 8. The minimum Gasteiger partial charge on any atom is -0.492 e. The number of halogens is 3. The molecule has 0 unspecified atom stereocenters. The molecule has 0 N–H and O–H groups in total. The average Bonchev–Trinajstić information content (AvgIpc) is 3.09. The second-order valence-corrected chi connectivity index (χ2v) is 11.6. The Kier molecular flexibility index (Phi) is 8.31. The fourth-order valence-electron chi connectivity index (χ4n) is 3.07. The van der Waals surface area contributed by atoms with E-state index in [1.165, 1.54) is 30.3 Å². The van der Waals surface area contributed by atoms with Gasteiger partial charge in [0.15, 0.2) is 5.75 Å². The smallest absolute Gasteiger partial charge is 0.339 e. The number of benzene rings is 3. The molecule has 0 aromatic heterocycles. The van der Waals surface area contributed by atoms with Crippen molar-refractivity contribution in [2.45, 2.75) is 4.90 Å². The Bertz CT molecular complexity index is 1440. The van der Waals surface area contributed by atoms with Crippen LogP contribution in [-0.2, 0) is 14.9 Å². The van der Waals surface area contributed by atoms with E-state index >= 15 is 0 Å². The van der Waals surface area contributed by atoms with Crippen LogP contribution in [0.2, 0.25) is 10.0 Å². The first kappa shape index (κ1) is 26.6. The molecule has 0 aliphatic carbocycles. The number of ether oxygens (including phenoxy) is 1. The molecule has 0 spiro atoms. The van der Waals surface area contributed by atoms with Gasteiger partial charge in [0.25, 0.3) is 11.1 Å². The maximum Gasteiger partial charge on any atom is 0.339 e. The number of imide groups is 1. The Balaban J connectivity index is 1.41. The summed E-state index contributed by atoms with van der Waals surface area (Å²) in [6.45, 7) is 0.219. The average molecular weight is 629 g/mol. The summed E-state index contributed by atoms with van der Waals surface area (Å²) in [4.78, 5) is 26.4. The molecule has 2 amide bonds. The largest absolute Gasteiger partial charge is 0.492 e. The van der Waals surface area contributed by atoms with Gasteiger partial charge in [-0.2, -0.15) is 8.42 Å². The predicted molar refractivity (Wildman–Crippen MR) is 143 cm³/mol. The first-order valence-corrected chi connectivity index (χ1v) is 14.0. The van der Waals surface area contributed by atoms with Gasteiger partial charge in [0.2, 0.25) is 0 Å². The molecule has 36 heavy (non-hydrogen) atoms. The lowest BCUT2D eigenvalue weighted by Crippen LogP contribution is -2.32. The van der Waals surface area contributed by atoms with Crippen LogP contribution in [0.3, 0.4) is 0 Å². The lowest BCUT2D eigenvalue weighted by Gasteiger charge is -2.13. The topological polar surface area (TPSA) is 90.0 Å². The van der Waals surface area contributed by atoms with Crippen molar-refractivity contribution >= 4 is 78.2 Å². The fraction of sp³-hybridized carbons (Fsp3) is 0.0833. The monoisotopic (exact) mass is 627 g/mol. The summed E-state index contributed by atoms with van der Waals surface area (Å²) in [6.07, 6.45) is 1.55. The van der Waals surface area contributed by atoms with E-state index in [-0.39, 0.29) is 28.7 Å². The van der Waals surface area contributed by atoms with E-state index in [2.05, 4.69) is 15.9 Å². The molecule has 7 nitrogen and oxygen atoms in total. The van der Waals surface area contributed by atoms with E-state index in [0.29, 0.717) is 25.8 Å². The van der Waals surface area contributed by atoms with Crippen molar-refractivity contribution < 1.29 is 26.9 Å². The standard InChI is InChI=1S/C24H16BrCl2NO6S2/c25-20-13-15(1-10-21(20)34-36(31,32)19-8-4-17(27)5-9-19)14-22-23(29)28(24(30)35-22)11-12-33-18-6-2-16(26)3-7-18/h1-10,13-14H,11-12H2/b22-14-. The van der Waals surface area contributed by atoms with Gasteiger partial charge in [0.1, 0.15) is 17.3 Å². The Morgan fingerprint density at radius 1 is 0.944 bits per heavy atom. The maximum atomic E-state index is 12.7. The normalized spacial score (nSPS) is 15.0. The molecule has 0 atom stereocenters. The molecular formula is C24H16BrCl2NO6S2. The van der Waals surface area contributed by atoms with Crippen molar-refractivity contribution in [2.75, 3.05) is 13.2 Å². The van der Waals surface area contributed by atoms with Crippen molar-refractivity contribution in [3.8, 4) is 11.5 Å². The molecule has 1 aliphatic heterocycles. The van der Waals surface area contributed by atoms with Gasteiger partial charge in [0.05, 0.1) is 15.9 Å². The SMILES string of the molecule is O=C1S/C(=C\c2ccc(OS(=O)(=O)c3ccc(Cl)cc3)c(Br)c2)C(=O)N1CCOc1ccc(Cl)cc1. The van der Waals surface area contributed by atoms with Crippen molar-refractivity contribution in [1.82, 2.24) is 4.90 Å². The summed E-state index contributed by atoms with van der Waals surface area (Å²) in [6, 6.07) is 17.0. The van der Waals surface area contributed by atoms with E-state index in [1.807, 2.05) is 0 Å². The number of carbonyl (C=O) groups is 2. The summed E-state index contributed by atoms with van der Waals surface area (Å²) in [7, 11) is -4.07. The first-order valence-electron chi connectivity index (χ1n) is 10.3. The molecule has 1 saturated heterocycles.